The Labute approximate surface area is 205 Å². The van der Waals surface area contributed by atoms with Gasteiger partial charge in [-0.2, -0.15) is 13.2 Å². The van der Waals surface area contributed by atoms with Crippen LogP contribution in [0.1, 0.15) is 24.5 Å². The van der Waals surface area contributed by atoms with E-state index in [4.69, 9.17) is 11.6 Å². The third kappa shape index (κ3) is 7.31. The fourth-order valence-corrected chi connectivity index (χ4v) is 4.44. The third-order valence-electron chi connectivity index (χ3n) is 5.12. The van der Waals surface area contributed by atoms with Crippen LogP contribution < -0.4 is 9.62 Å². The molecule has 2 aromatic rings. The lowest BCUT2D eigenvalue weighted by molar-refractivity contribution is -0.140. The number of likely N-dealkylation sites (N-methyl/N-ethyl adjacent to an activating group) is 1. The van der Waals surface area contributed by atoms with Crippen molar-refractivity contribution in [2.75, 3.05) is 24.2 Å². The Kier molecular flexibility index (Phi) is 9.12. The maximum atomic E-state index is 13.3. The van der Waals surface area contributed by atoms with Crippen LogP contribution in [0, 0.1) is 5.82 Å². The highest BCUT2D eigenvalue weighted by atomic mass is 35.5. The summed E-state index contributed by atoms with van der Waals surface area (Å²) in [6, 6.07) is 6.57. The first kappa shape index (κ1) is 28.4. The van der Waals surface area contributed by atoms with Gasteiger partial charge in [-0.1, -0.05) is 30.7 Å². The van der Waals surface area contributed by atoms with Crippen LogP contribution in [0.4, 0.5) is 23.2 Å². The van der Waals surface area contributed by atoms with Crippen molar-refractivity contribution < 1.29 is 35.6 Å². The van der Waals surface area contributed by atoms with E-state index in [1.54, 1.807) is 6.92 Å². The summed E-state index contributed by atoms with van der Waals surface area (Å²) in [6.07, 6.45) is -3.96. The molecule has 0 aliphatic heterocycles. The predicted octanol–water partition coefficient (Wildman–Crippen LogP) is 3.82. The number of hydrogen-bond donors (Lipinski definition) is 1. The van der Waals surface area contributed by atoms with Crippen molar-refractivity contribution in [1.82, 2.24) is 10.2 Å². The number of rotatable bonds is 9. The summed E-state index contributed by atoms with van der Waals surface area (Å²) in [5.41, 5.74) is -1.23. The molecule has 7 nitrogen and oxygen atoms in total. The minimum Gasteiger partial charge on any atom is -0.357 e. The summed E-state index contributed by atoms with van der Waals surface area (Å²) in [6.45, 7) is 0.581. The molecule has 2 aromatic carbocycles. The molecule has 0 saturated carbocycles. The van der Waals surface area contributed by atoms with Crippen molar-refractivity contribution in [3.63, 3.8) is 0 Å². The van der Waals surface area contributed by atoms with E-state index in [0.29, 0.717) is 15.9 Å². The molecule has 1 N–H and O–H groups in total. The summed E-state index contributed by atoms with van der Waals surface area (Å²) >= 11 is 5.63. The second-order valence-electron chi connectivity index (χ2n) is 7.62. The van der Waals surface area contributed by atoms with E-state index >= 15 is 0 Å². The Bertz CT molecular complexity index is 1170. The maximum Gasteiger partial charge on any atom is 0.417 e. The third-order valence-corrected chi connectivity index (χ3v) is 6.59. The number of benzene rings is 2. The van der Waals surface area contributed by atoms with Gasteiger partial charge in [-0.3, -0.25) is 13.9 Å². The number of alkyl halides is 3. The molecule has 0 aromatic heterocycles. The molecule has 0 fully saturated rings. The fraction of sp³-hybridized carbons (Fsp3) is 0.364. The largest absolute Gasteiger partial charge is 0.417 e. The molecular weight excluding hydrogens is 514 g/mol. The van der Waals surface area contributed by atoms with Gasteiger partial charge >= 0.3 is 6.18 Å². The lowest BCUT2D eigenvalue weighted by atomic mass is 10.1. The number of sulfonamides is 1. The van der Waals surface area contributed by atoms with E-state index in [-0.39, 0.29) is 13.0 Å². The summed E-state index contributed by atoms with van der Waals surface area (Å²) in [4.78, 5) is 26.9. The van der Waals surface area contributed by atoms with Crippen LogP contribution in [0.3, 0.4) is 0 Å². The summed E-state index contributed by atoms with van der Waals surface area (Å²) in [5.74, 6) is -1.89. The average molecular weight is 538 g/mol. The Morgan fingerprint density at radius 2 is 1.71 bits per heavy atom. The minimum absolute atomic E-state index is 0.157. The molecule has 0 aliphatic rings. The number of nitrogens with one attached hydrogen (secondary N) is 1. The Balaban J connectivity index is 2.50. The van der Waals surface area contributed by atoms with Crippen LogP contribution in [0.15, 0.2) is 42.5 Å². The molecule has 0 spiro atoms. The van der Waals surface area contributed by atoms with E-state index < -0.39 is 62.7 Å². The smallest absolute Gasteiger partial charge is 0.357 e. The zero-order chi connectivity index (χ0) is 26.6. The van der Waals surface area contributed by atoms with Gasteiger partial charge in [0.05, 0.1) is 22.5 Å². The van der Waals surface area contributed by atoms with Crippen molar-refractivity contribution in [3.8, 4) is 0 Å². The second kappa shape index (κ2) is 11.3. The Morgan fingerprint density at radius 3 is 2.20 bits per heavy atom. The SMILES string of the molecule is CC[C@H](C(=O)NC)N(Cc1ccc(F)cc1)C(=O)CN(c1ccc(Cl)c(C(F)(F)F)c1)S(C)(=O)=O. The van der Waals surface area contributed by atoms with E-state index in [0.717, 1.165) is 35.4 Å². The molecule has 0 saturated heterocycles. The monoisotopic (exact) mass is 537 g/mol. The molecule has 1 atom stereocenters. The molecule has 35 heavy (non-hydrogen) atoms. The van der Waals surface area contributed by atoms with Gasteiger partial charge in [0.25, 0.3) is 0 Å². The Morgan fingerprint density at radius 1 is 1.11 bits per heavy atom. The van der Waals surface area contributed by atoms with E-state index in [2.05, 4.69) is 5.32 Å². The van der Waals surface area contributed by atoms with Gasteiger partial charge in [0.1, 0.15) is 18.4 Å². The first-order valence-electron chi connectivity index (χ1n) is 10.3. The molecule has 0 radical (unpaired) electrons. The average Bonchev–Trinajstić information content (AvgIpc) is 2.77. The van der Waals surface area contributed by atoms with Gasteiger partial charge in [-0.05, 0) is 42.3 Å². The number of nitrogens with zero attached hydrogens (tertiary/aromatic N) is 2. The highest BCUT2D eigenvalue weighted by molar-refractivity contribution is 7.92. The number of halogens is 5. The topological polar surface area (TPSA) is 86.8 Å². The minimum atomic E-state index is -4.86. The Hall–Kier alpha value is -2.86. The highest BCUT2D eigenvalue weighted by Gasteiger charge is 2.36. The van der Waals surface area contributed by atoms with Gasteiger partial charge in [0.2, 0.25) is 21.8 Å². The number of carbonyl (C=O) groups is 2. The standard InChI is InChI=1S/C22H24ClF4N3O4S/c1-4-19(21(32)28-2)29(12-14-5-7-15(24)8-6-14)20(31)13-30(35(3,33)34)16-9-10-18(23)17(11-16)22(25,26)27/h5-11,19H,4,12-13H2,1-3H3,(H,28,32)/t19-/m1/s1. The van der Waals surface area contributed by atoms with Crippen LogP contribution in [-0.2, 0) is 32.3 Å². The lowest BCUT2D eigenvalue weighted by Gasteiger charge is -2.32. The zero-order valence-corrected chi connectivity index (χ0v) is 20.6. The lowest BCUT2D eigenvalue weighted by Crippen LogP contribution is -2.51. The van der Waals surface area contributed by atoms with E-state index in [9.17, 15) is 35.6 Å². The molecule has 2 amide bonds. The molecule has 0 aliphatic carbocycles. The van der Waals surface area contributed by atoms with Crippen molar-refractivity contribution in [2.45, 2.75) is 32.1 Å². The number of carbonyl (C=O) groups excluding carboxylic acids is 2. The first-order valence-corrected chi connectivity index (χ1v) is 12.5. The first-order chi connectivity index (χ1) is 16.2. The summed E-state index contributed by atoms with van der Waals surface area (Å²) in [7, 11) is -2.87. The van der Waals surface area contributed by atoms with Crippen molar-refractivity contribution >= 4 is 39.1 Å². The second-order valence-corrected chi connectivity index (χ2v) is 9.93. The number of amides is 2. The summed E-state index contributed by atoms with van der Waals surface area (Å²) in [5, 5.41) is 1.79. The number of hydrogen-bond acceptors (Lipinski definition) is 4. The molecule has 2 rings (SSSR count). The van der Waals surface area contributed by atoms with E-state index in [1.807, 2.05) is 0 Å². The van der Waals surface area contributed by atoms with Gasteiger partial charge in [0.15, 0.2) is 0 Å². The van der Waals surface area contributed by atoms with Crippen molar-refractivity contribution in [1.29, 1.82) is 0 Å². The molecule has 192 valence electrons. The van der Waals surface area contributed by atoms with Gasteiger partial charge in [-0.15, -0.1) is 0 Å². The quantitative estimate of drug-likeness (QED) is 0.493. The van der Waals surface area contributed by atoms with Crippen LogP contribution in [0.5, 0.6) is 0 Å². The van der Waals surface area contributed by atoms with Gasteiger partial charge in [-0.25, -0.2) is 12.8 Å². The van der Waals surface area contributed by atoms with Crippen LogP contribution in [-0.4, -0.2) is 51.0 Å². The molecule has 0 unspecified atom stereocenters. The van der Waals surface area contributed by atoms with Crippen LogP contribution in [0.25, 0.3) is 0 Å². The predicted molar refractivity (Wildman–Crippen MR) is 124 cm³/mol. The number of anilines is 1. The molecule has 0 bridgehead atoms. The molecule has 0 heterocycles. The summed E-state index contributed by atoms with van der Waals surface area (Å²) < 4.78 is 78.8. The van der Waals surface area contributed by atoms with Crippen LogP contribution >= 0.6 is 11.6 Å². The maximum absolute atomic E-state index is 13.3. The molecule has 13 heteroatoms. The highest BCUT2D eigenvalue weighted by Crippen LogP contribution is 2.37. The van der Waals surface area contributed by atoms with Crippen LogP contribution in [0.2, 0.25) is 5.02 Å². The van der Waals surface area contributed by atoms with Gasteiger partial charge in [0, 0.05) is 13.6 Å². The van der Waals surface area contributed by atoms with Crippen molar-refractivity contribution in [3.05, 3.63) is 64.4 Å². The van der Waals surface area contributed by atoms with E-state index in [1.165, 1.54) is 19.2 Å². The van der Waals surface area contributed by atoms with Gasteiger partial charge < -0.3 is 10.2 Å². The fourth-order valence-electron chi connectivity index (χ4n) is 3.37. The van der Waals surface area contributed by atoms with Crippen molar-refractivity contribution in [2.24, 2.45) is 0 Å². The molecular formula is C22H24ClF4N3O4S. The zero-order valence-electron chi connectivity index (χ0n) is 19.1. The normalized spacial score (nSPS) is 12.7.